The van der Waals surface area contributed by atoms with Crippen LogP contribution in [0.4, 0.5) is 10.2 Å². The van der Waals surface area contributed by atoms with Crippen molar-refractivity contribution < 1.29 is 9.50 Å². The molecule has 2 rings (SSSR count). The van der Waals surface area contributed by atoms with Gasteiger partial charge >= 0.3 is 0 Å². The number of aromatic nitrogens is 1. The van der Waals surface area contributed by atoms with Crippen LogP contribution >= 0.6 is 0 Å². The van der Waals surface area contributed by atoms with Gasteiger partial charge in [-0.3, -0.25) is 0 Å². The zero-order valence-electron chi connectivity index (χ0n) is 11.1. The maximum atomic E-state index is 13.8. The van der Waals surface area contributed by atoms with E-state index in [1.807, 2.05) is 6.07 Å². The zero-order valence-corrected chi connectivity index (χ0v) is 11.1. The normalized spacial score (nSPS) is 12.3. The van der Waals surface area contributed by atoms with E-state index >= 15 is 0 Å². The van der Waals surface area contributed by atoms with Crippen molar-refractivity contribution in [2.75, 3.05) is 18.9 Å². The van der Waals surface area contributed by atoms with E-state index in [0.717, 1.165) is 11.1 Å². The first-order valence-electron chi connectivity index (χ1n) is 6.45. The molecule has 0 bridgehead atoms. The highest BCUT2D eigenvalue weighted by Gasteiger charge is 2.11. The molecule has 0 spiro atoms. The predicted molar refractivity (Wildman–Crippen MR) is 77.4 cm³/mol. The van der Waals surface area contributed by atoms with Gasteiger partial charge in [0.2, 0.25) is 0 Å². The van der Waals surface area contributed by atoms with Gasteiger partial charge in [-0.25, -0.2) is 9.37 Å². The summed E-state index contributed by atoms with van der Waals surface area (Å²) in [5, 5.41) is 9.17. The Morgan fingerprint density at radius 3 is 2.55 bits per heavy atom. The molecule has 2 aromatic rings. The standard InChI is InChI=1S/C15H18FN3O/c16-14-3-1-11(12-2-4-15(18)19-8-12)6-13(14)5-10(7-17)9-20/h1-4,6,8,10,20H,5,7,9,17H2,(H2,18,19). The second kappa shape index (κ2) is 6.45. The molecule has 0 fully saturated rings. The highest BCUT2D eigenvalue weighted by atomic mass is 19.1. The smallest absolute Gasteiger partial charge is 0.126 e. The van der Waals surface area contributed by atoms with E-state index in [0.29, 0.717) is 24.3 Å². The number of pyridine rings is 1. The number of aliphatic hydroxyl groups is 1. The summed E-state index contributed by atoms with van der Waals surface area (Å²) in [5.41, 5.74) is 13.4. The number of benzene rings is 1. The van der Waals surface area contributed by atoms with Gasteiger partial charge in [-0.2, -0.15) is 0 Å². The molecular formula is C15H18FN3O. The highest BCUT2D eigenvalue weighted by Crippen LogP contribution is 2.23. The third kappa shape index (κ3) is 3.31. The summed E-state index contributed by atoms with van der Waals surface area (Å²) in [7, 11) is 0. The van der Waals surface area contributed by atoms with Crippen molar-refractivity contribution >= 4 is 5.82 Å². The van der Waals surface area contributed by atoms with E-state index < -0.39 is 0 Å². The average Bonchev–Trinajstić information content (AvgIpc) is 2.47. The summed E-state index contributed by atoms with van der Waals surface area (Å²) in [6.45, 7) is 0.271. The molecule has 106 valence electrons. The first kappa shape index (κ1) is 14.4. The molecule has 1 atom stereocenters. The van der Waals surface area contributed by atoms with Crippen LogP contribution < -0.4 is 11.5 Å². The molecule has 0 saturated heterocycles. The van der Waals surface area contributed by atoms with Gasteiger partial charge in [-0.05, 0) is 54.3 Å². The highest BCUT2D eigenvalue weighted by molar-refractivity contribution is 5.64. The third-order valence-electron chi connectivity index (χ3n) is 3.27. The topological polar surface area (TPSA) is 85.2 Å². The van der Waals surface area contributed by atoms with Gasteiger partial charge in [0, 0.05) is 18.4 Å². The lowest BCUT2D eigenvalue weighted by atomic mass is 9.96. The fraction of sp³-hybridized carbons (Fsp3) is 0.267. The van der Waals surface area contributed by atoms with Gasteiger partial charge < -0.3 is 16.6 Å². The Morgan fingerprint density at radius 2 is 1.95 bits per heavy atom. The summed E-state index contributed by atoms with van der Waals surface area (Å²) < 4.78 is 13.8. The zero-order chi connectivity index (χ0) is 14.5. The lowest BCUT2D eigenvalue weighted by Gasteiger charge is -2.13. The van der Waals surface area contributed by atoms with E-state index in [1.165, 1.54) is 6.07 Å². The largest absolute Gasteiger partial charge is 0.396 e. The molecule has 5 heteroatoms. The second-order valence-electron chi connectivity index (χ2n) is 4.77. The molecule has 1 heterocycles. The number of halogens is 1. The van der Waals surface area contributed by atoms with Crippen molar-refractivity contribution in [1.82, 2.24) is 4.98 Å². The fourth-order valence-electron chi connectivity index (χ4n) is 2.02. The van der Waals surface area contributed by atoms with E-state index in [2.05, 4.69) is 4.98 Å². The minimum absolute atomic E-state index is 0.0520. The quantitative estimate of drug-likeness (QED) is 0.773. The molecule has 5 N–H and O–H groups in total. The number of anilines is 1. The van der Waals surface area contributed by atoms with Crippen LogP contribution in [-0.2, 0) is 6.42 Å². The van der Waals surface area contributed by atoms with Gasteiger partial charge in [0.25, 0.3) is 0 Å². The van der Waals surface area contributed by atoms with Crippen molar-refractivity contribution in [3.63, 3.8) is 0 Å². The summed E-state index contributed by atoms with van der Waals surface area (Å²) in [5.74, 6) is 0.0212. The summed E-state index contributed by atoms with van der Waals surface area (Å²) in [6, 6.07) is 8.43. The van der Waals surface area contributed by atoms with Gasteiger partial charge in [0.1, 0.15) is 11.6 Å². The first-order chi connectivity index (χ1) is 9.63. The van der Waals surface area contributed by atoms with Crippen LogP contribution in [0.1, 0.15) is 5.56 Å². The van der Waals surface area contributed by atoms with E-state index in [4.69, 9.17) is 16.6 Å². The maximum absolute atomic E-state index is 13.8. The molecule has 0 aliphatic carbocycles. The van der Waals surface area contributed by atoms with Crippen molar-refractivity contribution in [2.45, 2.75) is 6.42 Å². The molecule has 0 aliphatic heterocycles. The lowest BCUT2D eigenvalue weighted by molar-refractivity contribution is 0.229. The number of nitrogens with two attached hydrogens (primary N) is 2. The molecule has 1 unspecified atom stereocenters. The van der Waals surface area contributed by atoms with Gasteiger partial charge in [0.05, 0.1) is 0 Å². The van der Waals surface area contributed by atoms with E-state index in [9.17, 15) is 4.39 Å². The van der Waals surface area contributed by atoms with Crippen molar-refractivity contribution in [2.24, 2.45) is 11.7 Å². The molecule has 0 saturated carbocycles. The summed E-state index contributed by atoms with van der Waals surface area (Å²) >= 11 is 0. The van der Waals surface area contributed by atoms with Crippen LogP contribution in [-0.4, -0.2) is 23.2 Å². The van der Waals surface area contributed by atoms with Gasteiger partial charge in [-0.15, -0.1) is 0 Å². The molecule has 0 radical (unpaired) electrons. The Hall–Kier alpha value is -1.98. The minimum Gasteiger partial charge on any atom is -0.396 e. The SMILES string of the molecule is NCC(CO)Cc1cc(-c2ccc(N)nc2)ccc1F. The average molecular weight is 275 g/mol. The van der Waals surface area contributed by atoms with Crippen LogP contribution in [0.3, 0.4) is 0 Å². The van der Waals surface area contributed by atoms with Crippen molar-refractivity contribution in [1.29, 1.82) is 0 Å². The van der Waals surface area contributed by atoms with Crippen molar-refractivity contribution in [3.05, 3.63) is 47.9 Å². The molecule has 0 aliphatic rings. The van der Waals surface area contributed by atoms with Crippen molar-refractivity contribution in [3.8, 4) is 11.1 Å². The first-order valence-corrected chi connectivity index (χ1v) is 6.45. The Bertz CT molecular complexity index is 568. The van der Waals surface area contributed by atoms with Crippen LogP contribution in [0.15, 0.2) is 36.5 Å². The van der Waals surface area contributed by atoms with Gasteiger partial charge in [0.15, 0.2) is 0 Å². The molecule has 4 nitrogen and oxygen atoms in total. The number of nitrogen functional groups attached to an aromatic ring is 1. The monoisotopic (exact) mass is 275 g/mol. The molecule has 20 heavy (non-hydrogen) atoms. The Kier molecular flexibility index (Phi) is 4.65. The van der Waals surface area contributed by atoms with Crippen LogP contribution in [0.5, 0.6) is 0 Å². The third-order valence-corrected chi connectivity index (χ3v) is 3.27. The number of rotatable bonds is 5. The predicted octanol–water partition coefficient (Wildman–Crippen LogP) is 1.58. The Morgan fingerprint density at radius 1 is 1.20 bits per heavy atom. The number of nitrogens with zero attached hydrogens (tertiary/aromatic N) is 1. The fourth-order valence-corrected chi connectivity index (χ4v) is 2.02. The summed E-state index contributed by atoms with van der Waals surface area (Å²) in [4.78, 5) is 4.02. The second-order valence-corrected chi connectivity index (χ2v) is 4.77. The molecular weight excluding hydrogens is 257 g/mol. The Balaban J connectivity index is 2.30. The van der Waals surface area contributed by atoms with Crippen LogP contribution in [0, 0.1) is 11.7 Å². The lowest BCUT2D eigenvalue weighted by Crippen LogP contribution is -2.20. The Labute approximate surface area is 117 Å². The van der Waals surface area contributed by atoms with Gasteiger partial charge in [-0.1, -0.05) is 6.07 Å². The molecule has 0 amide bonds. The van der Waals surface area contributed by atoms with E-state index in [1.54, 1.807) is 24.4 Å². The number of hydrogen-bond donors (Lipinski definition) is 3. The summed E-state index contributed by atoms with van der Waals surface area (Å²) in [6.07, 6.45) is 2.06. The maximum Gasteiger partial charge on any atom is 0.126 e. The molecule has 1 aromatic carbocycles. The number of hydrogen-bond acceptors (Lipinski definition) is 4. The number of aliphatic hydroxyl groups excluding tert-OH is 1. The van der Waals surface area contributed by atoms with Crippen LogP contribution in [0.2, 0.25) is 0 Å². The van der Waals surface area contributed by atoms with E-state index in [-0.39, 0.29) is 18.3 Å². The molecule has 1 aromatic heterocycles. The van der Waals surface area contributed by atoms with Crippen LogP contribution in [0.25, 0.3) is 11.1 Å². The minimum atomic E-state index is -0.288.